The van der Waals surface area contributed by atoms with Crippen molar-refractivity contribution in [2.45, 2.75) is 10.6 Å². The van der Waals surface area contributed by atoms with E-state index in [1.807, 2.05) is 0 Å². The summed E-state index contributed by atoms with van der Waals surface area (Å²) in [6, 6.07) is 14.6. The number of sulfone groups is 1. The smallest absolute Gasteiger partial charge is 0.258 e. The Balaban J connectivity index is 2.13. The summed E-state index contributed by atoms with van der Waals surface area (Å²) in [4.78, 5) is 10.4. The van der Waals surface area contributed by atoms with Gasteiger partial charge in [-0.05, 0) is 23.6 Å². The number of fused-ring (bicyclic) bond motifs is 1. The van der Waals surface area contributed by atoms with Gasteiger partial charge in [0.2, 0.25) is 0 Å². The Morgan fingerprint density at radius 1 is 1.00 bits per heavy atom. The number of nitro benzene ring substituents is 1. The van der Waals surface area contributed by atoms with Gasteiger partial charge in [0.05, 0.1) is 15.6 Å². The summed E-state index contributed by atoms with van der Waals surface area (Å²) < 4.78 is 38.9. The highest BCUT2D eigenvalue weighted by molar-refractivity contribution is 7.90. The van der Waals surface area contributed by atoms with E-state index < -0.39 is 32.0 Å². The molecule has 0 unspecified atom stereocenters. The van der Waals surface area contributed by atoms with E-state index in [2.05, 4.69) is 0 Å². The molecule has 3 rings (SSSR count). The summed E-state index contributed by atoms with van der Waals surface area (Å²) in [7, 11) is -3.88. The zero-order valence-corrected chi connectivity index (χ0v) is 13.2. The van der Waals surface area contributed by atoms with Gasteiger partial charge in [-0.3, -0.25) is 10.1 Å². The molecule has 24 heavy (non-hydrogen) atoms. The van der Waals surface area contributed by atoms with Crippen LogP contribution in [0.3, 0.4) is 0 Å². The summed E-state index contributed by atoms with van der Waals surface area (Å²) in [5.41, 5.74) is -0.590. The summed E-state index contributed by atoms with van der Waals surface area (Å²) in [6.07, 6.45) is 0. The molecule has 0 spiro atoms. The molecular weight excluding hydrogens is 333 g/mol. The molecule has 0 saturated heterocycles. The molecule has 0 bridgehead atoms. The number of nitro groups is 1. The van der Waals surface area contributed by atoms with Crippen LogP contribution in [0, 0.1) is 15.9 Å². The summed E-state index contributed by atoms with van der Waals surface area (Å²) in [6.45, 7) is 0. The van der Waals surface area contributed by atoms with E-state index in [1.165, 1.54) is 6.07 Å². The molecule has 5 nitrogen and oxygen atoms in total. The Hall–Kier alpha value is -2.80. The third-order valence-corrected chi connectivity index (χ3v) is 5.39. The lowest BCUT2D eigenvalue weighted by Gasteiger charge is -2.09. The Labute approximate surface area is 137 Å². The number of rotatable bonds is 4. The van der Waals surface area contributed by atoms with Crippen LogP contribution in [-0.4, -0.2) is 13.3 Å². The number of benzene rings is 3. The van der Waals surface area contributed by atoms with Crippen molar-refractivity contribution in [1.82, 2.24) is 0 Å². The predicted octanol–water partition coefficient (Wildman–Crippen LogP) is 3.86. The van der Waals surface area contributed by atoms with Gasteiger partial charge in [0.15, 0.2) is 9.84 Å². The average Bonchev–Trinajstić information content (AvgIpc) is 2.53. The molecule has 3 aromatic carbocycles. The van der Waals surface area contributed by atoms with Crippen LogP contribution in [0.5, 0.6) is 0 Å². The van der Waals surface area contributed by atoms with Gasteiger partial charge in [0, 0.05) is 17.0 Å². The Bertz CT molecular complexity index is 1040. The lowest BCUT2D eigenvalue weighted by atomic mass is 10.1. The molecule has 7 heteroatoms. The van der Waals surface area contributed by atoms with E-state index in [-0.39, 0.29) is 10.5 Å². The van der Waals surface area contributed by atoms with Crippen molar-refractivity contribution in [3.05, 3.63) is 82.2 Å². The topological polar surface area (TPSA) is 77.3 Å². The second kappa shape index (κ2) is 6.01. The highest BCUT2D eigenvalue weighted by Crippen LogP contribution is 2.29. The molecule has 0 atom stereocenters. The van der Waals surface area contributed by atoms with Crippen molar-refractivity contribution in [1.29, 1.82) is 0 Å². The second-order valence-corrected chi connectivity index (χ2v) is 7.22. The van der Waals surface area contributed by atoms with Gasteiger partial charge in [-0.1, -0.05) is 36.4 Å². The van der Waals surface area contributed by atoms with Crippen LogP contribution in [0.1, 0.15) is 5.56 Å². The lowest BCUT2D eigenvalue weighted by Crippen LogP contribution is -2.08. The highest BCUT2D eigenvalue weighted by Gasteiger charge is 2.24. The van der Waals surface area contributed by atoms with Crippen molar-refractivity contribution >= 4 is 26.3 Å². The van der Waals surface area contributed by atoms with Gasteiger partial charge < -0.3 is 0 Å². The molecule has 0 saturated carbocycles. The first-order valence-corrected chi connectivity index (χ1v) is 8.67. The second-order valence-electron chi connectivity index (χ2n) is 5.27. The largest absolute Gasteiger partial charge is 0.273 e. The monoisotopic (exact) mass is 345 g/mol. The highest BCUT2D eigenvalue weighted by atomic mass is 32.2. The first kappa shape index (κ1) is 16.1. The maximum atomic E-state index is 13.4. The number of hydrogen-bond acceptors (Lipinski definition) is 4. The van der Waals surface area contributed by atoms with E-state index >= 15 is 0 Å². The van der Waals surface area contributed by atoms with Crippen molar-refractivity contribution < 1.29 is 17.7 Å². The summed E-state index contributed by atoms with van der Waals surface area (Å²) in [5.74, 6) is -1.36. The fourth-order valence-electron chi connectivity index (χ4n) is 2.60. The van der Waals surface area contributed by atoms with Crippen LogP contribution in [0.2, 0.25) is 0 Å². The van der Waals surface area contributed by atoms with Crippen LogP contribution in [0.15, 0.2) is 65.6 Å². The van der Waals surface area contributed by atoms with Crippen molar-refractivity contribution in [2.75, 3.05) is 0 Å². The normalized spacial score (nSPS) is 11.5. The third-order valence-electron chi connectivity index (χ3n) is 3.67. The van der Waals surface area contributed by atoms with Crippen LogP contribution < -0.4 is 0 Å². The number of nitrogens with zero attached hydrogens (tertiary/aromatic N) is 1. The van der Waals surface area contributed by atoms with Crippen LogP contribution in [0.4, 0.5) is 10.1 Å². The molecule has 0 heterocycles. The first-order valence-electron chi connectivity index (χ1n) is 7.02. The molecule has 0 aromatic heterocycles. The minimum absolute atomic E-state index is 0.0687. The van der Waals surface area contributed by atoms with E-state index in [0.717, 1.165) is 23.6 Å². The molecule has 0 N–H and O–H groups in total. The van der Waals surface area contributed by atoms with E-state index in [9.17, 15) is 22.9 Å². The van der Waals surface area contributed by atoms with Crippen molar-refractivity contribution in [3.63, 3.8) is 0 Å². The maximum absolute atomic E-state index is 13.4. The fourth-order valence-corrected chi connectivity index (χ4v) is 4.20. The molecule has 0 amide bonds. The number of hydrogen-bond donors (Lipinski definition) is 0. The molecule has 0 aliphatic carbocycles. The molecule has 0 radical (unpaired) electrons. The zero-order valence-electron chi connectivity index (χ0n) is 12.3. The predicted molar refractivity (Wildman–Crippen MR) is 87.9 cm³/mol. The van der Waals surface area contributed by atoms with Gasteiger partial charge >= 0.3 is 0 Å². The minimum Gasteiger partial charge on any atom is -0.258 e. The molecule has 122 valence electrons. The summed E-state index contributed by atoms with van der Waals surface area (Å²) >= 11 is 0. The Kier molecular flexibility index (Phi) is 4.02. The Morgan fingerprint density at radius 2 is 1.71 bits per heavy atom. The zero-order chi connectivity index (χ0) is 17.3. The number of halogens is 1. The first-order chi connectivity index (χ1) is 11.4. The van der Waals surface area contributed by atoms with Gasteiger partial charge in [-0.2, -0.15) is 0 Å². The van der Waals surface area contributed by atoms with Gasteiger partial charge in [0.25, 0.3) is 5.69 Å². The fraction of sp³-hybridized carbons (Fsp3) is 0.0588. The van der Waals surface area contributed by atoms with Crippen molar-refractivity contribution in [2.24, 2.45) is 0 Å². The third kappa shape index (κ3) is 2.98. The molecular formula is C17H12FNO4S. The standard InChI is InChI=1S/C17H12FNO4S/c18-14-8-9-16(19(20)21)13(10-14)11-24(22,23)17-7-3-5-12-4-1-2-6-15(12)17/h1-10H,11H2. The van der Waals surface area contributed by atoms with Gasteiger partial charge in [-0.25, -0.2) is 12.8 Å². The van der Waals surface area contributed by atoms with Crippen LogP contribution in [0.25, 0.3) is 10.8 Å². The van der Waals surface area contributed by atoms with Crippen LogP contribution >= 0.6 is 0 Å². The van der Waals surface area contributed by atoms with Crippen LogP contribution in [-0.2, 0) is 15.6 Å². The van der Waals surface area contributed by atoms with Gasteiger partial charge in [0.1, 0.15) is 5.82 Å². The minimum atomic E-state index is -3.88. The average molecular weight is 345 g/mol. The molecule has 3 aromatic rings. The molecule has 0 aliphatic heterocycles. The maximum Gasteiger partial charge on any atom is 0.273 e. The van der Waals surface area contributed by atoms with Gasteiger partial charge in [-0.15, -0.1) is 0 Å². The quantitative estimate of drug-likeness (QED) is 0.531. The molecule has 0 aliphatic rings. The lowest BCUT2D eigenvalue weighted by molar-refractivity contribution is -0.385. The SMILES string of the molecule is O=[N+]([O-])c1ccc(F)cc1CS(=O)(=O)c1cccc2ccccc12. The molecule has 0 fully saturated rings. The summed E-state index contributed by atoms with van der Waals surface area (Å²) in [5, 5.41) is 12.3. The van der Waals surface area contributed by atoms with E-state index in [1.54, 1.807) is 36.4 Å². The van der Waals surface area contributed by atoms with Crippen molar-refractivity contribution in [3.8, 4) is 0 Å². The van der Waals surface area contributed by atoms with E-state index in [4.69, 9.17) is 0 Å². The van der Waals surface area contributed by atoms with E-state index in [0.29, 0.717) is 5.39 Å². The Morgan fingerprint density at radius 3 is 2.46 bits per heavy atom.